The molecule has 0 spiro atoms. The third kappa shape index (κ3) is 2.87. The van der Waals surface area contributed by atoms with Crippen molar-refractivity contribution in [2.24, 2.45) is 5.92 Å². The normalized spacial score (nSPS) is 31.3. The molecule has 0 radical (unpaired) electrons. The molecule has 0 amide bonds. The number of likely N-dealkylation sites (tertiary alicyclic amines) is 1. The number of piperidine rings is 1. The van der Waals surface area contributed by atoms with Crippen LogP contribution in [-0.4, -0.2) is 36.2 Å². The summed E-state index contributed by atoms with van der Waals surface area (Å²) < 4.78 is 6.53. The predicted octanol–water partition coefficient (Wildman–Crippen LogP) is 3.40. The maximum absolute atomic E-state index is 11.3. The zero-order valence-corrected chi connectivity index (χ0v) is 14.3. The molecular formula is C16H24BrNO2. The van der Waals surface area contributed by atoms with Crippen molar-refractivity contribution in [3.05, 3.63) is 28.2 Å². The third-order valence-corrected chi connectivity index (χ3v) is 5.14. The van der Waals surface area contributed by atoms with E-state index in [-0.39, 0.29) is 5.92 Å². The van der Waals surface area contributed by atoms with Gasteiger partial charge in [0, 0.05) is 28.5 Å². The molecule has 1 aliphatic heterocycles. The number of rotatable bonds is 3. The van der Waals surface area contributed by atoms with E-state index in [1.807, 2.05) is 25.1 Å². The fourth-order valence-corrected chi connectivity index (χ4v) is 3.63. The van der Waals surface area contributed by atoms with Crippen LogP contribution in [0.25, 0.3) is 0 Å². The van der Waals surface area contributed by atoms with Gasteiger partial charge in [-0.25, -0.2) is 0 Å². The molecule has 112 valence electrons. The quantitative estimate of drug-likeness (QED) is 0.914. The number of benzene rings is 1. The number of aliphatic hydroxyl groups is 1. The minimum atomic E-state index is -0.808. The van der Waals surface area contributed by atoms with E-state index >= 15 is 0 Å². The fourth-order valence-electron chi connectivity index (χ4n) is 3.04. The summed E-state index contributed by atoms with van der Waals surface area (Å²) in [6.07, 6.45) is 0.735. The minimum absolute atomic E-state index is 0.178. The van der Waals surface area contributed by atoms with Gasteiger partial charge in [0.05, 0.1) is 12.2 Å². The van der Waals surface area contributed by atoms with Gasteiger partial charge in [0.15, 0.2) is 0 Å². The van der Waals surface area contributed by atoms with Gasteiger partial charge in [-0.15, -0.1) is 0 Å². The van der Waals surface area contributed by atoms with Crippen LogP contribution in [0, 0.1) is 5.92 Å². The summed E-state index contributed by atoms with van der Waals surface area (Å²) in [5.74, 6) is 0.995. The topological polar surface area (TPSA) is 32.7 Å². The Balaban J connectivity index is 2.40. The molecule has 1 heterocycles. The molecule has 0 aliphatic carbocycles. The minimum Gasteiger partial charge on any atom is -0.494 e. The molecule has 0 aromatic heterocycles. The molecule has 4 heteroatoms. The van der Waals surface area contributed by atoms with Crippen molar-refractivity contribution in [3.8, 4) is 5.75 Å². The van der Waals surface area contributed by atoms with Gasteiger partial charge in [-0.3, -0.25) is 0 Å². The van der Waals surface area contributed by atoms with E-state index in [2.05, 4.69) is 41.7 Å². The summed E-state index contributed by atoms with van der Waals surface area (Å²) in [4.78, 5) is 2.30. The molecule has 0 unspecified atom stereocenters. The number of hydrogen-bond donors (Lipinski definition) is 1. The van der Waals surface area contributed by atoms with Crippen molar-refractivity contribution in [1.82, 2.24) is 4.90 Å². The standard InChI is InChI=1S/C16H24BrNO2/c1-5-20-13-6-7-15(17)14(8-13)16(19)9-12(3)18(4)10-11(16)2/h6-8,11-12,19H,5,9-10H2,1-4H3/t11-,12-,16+/m0/s1. The summed E-state index contributed by atoms with van der Waals surface area (Å²) >= 11 is 3.59. The van der Waals surface area contributed by atoms with E-state index in [9.17, 15) is 5.11 Å². The number of hydrogen-bond acceptors (Lipinski definition) is 3. The second-order valence-corrected chi connectivity index (χ2v) is 6.75. The van der Waals surface area contributed by atoms with Crippen LogP contribution in [0.5, 0.6) is 5.75 Å². The summed E-state index contributed by atoms with van der Waals surface area (Å²) in [6.45, 7) is 7.77. The van der Waals surface area contributed by atoms with E-state index in [4.69, 9.17) is 4.74 Å². The largest absolute Gasteiger partial charge is 0.494 e. The lowest BCUT2D eigenvalue weighted by atomic mass is 9.74. The SMILES string of the molecule is CCOc1ccc(Br)c([C@@]2(O)C[C@H](C)N(C)C[C@@H]2C)c1. The van der Waals surface area contributed by atoms with E-state index in [0.717, 1.165) is 28.8 Å². The Morgan fingerprint density at radius 2 is 2.15 bits per heavy atom. The zero-order chi connectivity index (χ0) is 14.9. The lowest BCUT2D eigenvalue weighted by molar-refractivity contribution is -0.0849. The van der Waals surface area contributed by atoms with Crippen molar-refractivity contribution < 1.29 is 9.84 Å². The first-order valence-electron chi connectivity index (χ1n) is 7.24. The molecule has 1 saturated heterocycles. The van der Waals surface area contributed by atoms with E-state index in [1.165, 1.54) is 0 Å². The number of ether oxygens (including phenoxy) is 1. The Labute approximate surface area is 130 Å². The Kier molecular flexibility index (Phi) is 4.77. The van der Waals surface area contributed by atoms with Crippen LogP contribution in [0.1, 0.15) is 32.8 Å². The molecule has 2 rings (SSSR count). The molecular weight excluding hydrogens is 318 g/mol. The Morgan fingerprint density at radius 1 is 1.45 bits per heavy atom. The van der Waals surface area contributed by atoms with Gasteiger partial charge in [-0.1, -0.05) is 22.9 Å². The van der Waals surface area contributed by atoms with E-state index in [1.54, 1.807) is 0 Å². The first-order chi connectivity index (χ1) is 9.38. The molecule has 1 aromatic carbocycles. The number of halogens is 1. The molecule has 1 aromatic rings. The highest BCUT2D eigenvalue weighted by atomic mass is 79.9. The van der Waals surface area contributed by atoms with Gasteiger partial charge in [0.1, 0.15) is 5.75 Å². The first kappa shape index (κ1) is 15.8. The molecule has 1 N–H and O–H groups in total. The average molecular weight is 342 g/mol. The second kappa shape index (κ2) is 6.04. The van der Waals surface area contributed by atoms with Gasteiger partial charge < -0.3 is 14.7 Å². The lowest BCUT2D eigenvalue weighted by Gasteiger charge is -2.46. The number of nitrogens with zero attached hydrogens (tertiary/aromatic N) is 1. The van der Waals surface area contributed by atoms with Crippen LogP contribution in [0.15, 0.2) is 22.7 Å². The lowest BCUT2D eigenvalue weighted by Crippen LogP contribution is -2.51. The summed E-state index contributed by atoms with van der Waals surface area (Å²) in [5.41, 5.74) is 0.133. The van der Waals surface area contributed by atoms with Crippen molar-refractivity contribution >= 4 is 15.9 Å². The highest BCUT2D eigenvalue weighted by molar-refractivity contribution is 9.10. The second-order valence-electron chi connectivity index (χ2n) is 5.89. The zero-order valence-electron chi connectivity index (χ0n) is 12.7. The van der Waals surface area contributed by atoms with Gasteiger partial charge >= 0.3 is 0 Å². The molecule has 3 nitrogen and oxygen atoms in total. The molecule has 20 heavy (non-hydrogen) atoms. The van der Waals surface area contributed by atoms with Crippen molar-refractivity contribution in [2.75, 3.05) is 20.2 Å². The highest BCUT2D eigenvalue weighted by Crippen LogP contribution is 2.43. The summed E-state index contributed by atoms with van der Waals surface area (Å²) in [6, 6.07) is 6.23. The molecule has 3 atom stereocenters. The van der Waals surface area contributed by atoms with Crippen LogP contribution in [-0.2, 0) is 5.60 Å². The fraction of sp³-hybridized carbons (Fsp3) is 0.625. The molecule has 0 bridgehead atoms. The van der Waals surface area contributed by atoms with Crippen LogP contribution in [0.4, 0.5) is 0 Å². The van der Waals surface area contributed by atoms with Crippen LogP contribution < -0.4 is 4.74 Å². The Morgan fingerprint density at radius 3 is 2.80 bits per heavy atom. The summed E-state index contributed by atoms with van der Waals surface area (Å²) in [7, 11) is 2.12. The van der Waals surface area contributed by atoms with Crippen LogP contribution in [0.2, 0.25) is 0 Å². The maximum Gasteiger partial charge on any atom is 0.119 e. The molecule has 0 saturated carbocycles. The summed E-state index contributed by atoms with van der Waals surface area (Å²) in [5, 5.41) is 11.3. The smallest absolute Gasteiger partial charge is 0.119 e. The van der Waals surface area contributed by atoms with Crippen molar-refractivity contribution in [2.45, 2.75) is 38.8 Å². The van der Waals surface area contributed by atoms with Gasteiger partial charge in [-0.05, 0) is 45.5 Å². The van der Waals surface area contributed by atoms with Crippen LogP contribution >= 0.6 is 15.9 Å². The van der Waals surface area contributed by atoms with Crippen molar-refractivity contribution in [1.29, 1.82) is 0 Å². The monoisotopic (exact) mass is 341 g/mol. The van der Waals surface area contributed by atoms with Gasteiger partial charge in [0.25, 0.3) is 0 Å². The average Bonchev–Trinajstić information content (AvgIpc) is 2.39. The van der Waals surface area contributed by atoms with Crippen LogP contribution in [0.3, 0.4) is 0 Å². The molecule has 1 fully saturated rings. The molecule has 1 aliphatic rings. The van der Waals surface area contributed by atoms with Crippen molar-refractivity contribution in [3.63, 3.8) is 0 Å². The maximum atomic E-state index is 11.3. The van der Waals surface area contributed by atoms with Gasteiger partial charge in [-0.2, -0.15) is 0 Å². The predicted molar refractivity (Wildman–Crippen MR) is 85.1 cm³/mol. The first-order valence-corrected chi connectivity index (χ1v) is 8.03. The van der Waals surface area contributed by atoms with E-state index < -0.39 is 5.60 Å². The Bertz CT molecular complexity index is 480. The van der Waals surface area contributed by atoms with Gasteiger partial charge in [0.2, 0.25) is 0 Å². The van der Waals surface area contributed by atoms with E-state index in [0.29, 0.717) is 12.6 Å². The Hall–Kier alpha value is -0.580. The highest BCUT2D eigenvalue weighted by Gasteiger charge is 2.43. The third-order valence-electron chi connectivity index (χ3n) is 4.45.